The molecule has 0 aliphatic carbocycles. The molecular weight excluding hydrogens is 477 g/mol. The molecule has 1 aliphatic heterocycles. The number of piperazine rings is 1. The van der Waals surface area contributed by atoms with E-state index in [0.29, 0.717) is 35.8 Å². The van der Waals surface area contributed by atoms with E-state index < -0.39 is 6.36 Å². The molecule has 0 saturated carbocycles. The van der Waals surface area contributed by atoms with Gasteiger partial charge in [-0.15, -0.1) is 13.2 Å². The molecule has 36 heavy (non-hydrogen) atoms. The van der Waals surface area contributed by atoms with Crippen LogP contribution in [0.4, 0.5) is 19.0 Å². The molecule has 12 heteroatoms. The zero-order chi connectivity index (χ0) is 25.5. The Bertz CT molecular complexity index is 1140. The molecule has 1 N–H and O–H groups in total. The van der Waals surface area contributed by atoms with Gasteiger partial charge >= 0.3 is 6.36 Å². The van der Waals surface area contributed by atoms with Crippen LogP contribution in [0.5, 0.6) is 5.75 Å². The van der Waals surface area contributed by atoms with Gasteiger partial charge in [0.1, 0.15) is 17.3 Å². The molecule has 2 aromatic heterocycles. The normalized spacial score (nSPS) is 14.8. The number of aromatic nitrogens is 3. The van der Waals surface area contributed by atoms with Gasteiger partial charge < -0.3 is 19.7 Å². The van der Waals surface area contributed by atoms with Crippen LogP contribution in [0.25, 0.3) is 16.9 Å². The third-order valence-electron chi connectivity index (χ3n) is 6.00. The van der Waals surface area contributed by atoms with Crippen molar-refractivity contribution in [2.24, 2.45) is 0 Å². The summed E-state index contributed by atoms with van der Waals surface area (Å²) in [6, 6.07) is 5.45. The predicted octanol–water partition coefficient (Wildman–Crippen LogP) is 3.28. The van der Waals surface area contributed by atoms with Gasteiger partial charge in [-0.25, -0.2) is 4.98 Å². The van der Waals surface area contributed by atoms with E-state index in [2.05, 4.69) is 24.9 Å². The number of fused-ring (bicyclic) bond motifs is 1. The van der Waals surface area contributed by atoms with Gasteiger partial charge in [-0.05, 0) is 43.7 Å². The molecule has 0 atom stereocenters. The number of benzene rings is 1. The van der Waals surface area contributed by atoms with Crippen LogP contribution < -0.4 is 10.1 Å². The summed E-state index contributed by atoms with van der Waals surface area (Å²) >= 11 is 0. The molecule has 9 nitrogen and oxygen atoms in total. The first-order valence-corrected chi connectivity index (χ1v) is 11.8. The summed E-state index contributed by atoms with van der Waals surface area (Å²) in [4.78, 5) is 25.8. The number of unbranched alkanes of at least 4 members (excludes halogenated alkanes) is 1. The standard InChI is InChI=1S/C24H29F3N6O3/c1-35-15-3-2-9-31-11-13-32(14-12-31)21(34)17-29-23-22(30-20-16-28-8-10-33(20)23)18-4-6-19(7-5-18)36-24(25,26)27/h4-8,10,16,29H,2-3,9,11-15,17H2,1H3. The van der Waals surface area contributed by atoms with Crippen LogP contribution in [-0.4, -0.2) is 89.4 Å². The molecule has 3 aromatic rings. The minimum atomic E-state index is -4.77. The first-order chi connectivity index (χ1) is 17.3. The predicted molar refractivity (Wildman–Crippen MR) is 128 cm³/mol. The summed E-state index contributed by atoms with van der Waals surface area (Å²) in [5.41, 5.74) is 1.61. The van der Waals surface area contributed by atoms with E-state index in [9.17, 15) is 18.0 Å². The Morgan fingerprint density at radius 1 is 1.11 bits per heavy atom. The zero-order valence-electron chi connectivity index (χ0n) is 20.0. The second-order valence-corrected chi connectivity index (χ2v) is 8.46. The Balaban J connectivity index is 1.41. The lowest BCUT2D eigenvalue weighted by atomic mass is 10.1. The number of nitrogens with one attached hydrogen (secondary N) is 1. The Hall–Kier alpha value is -3.38. The average molecular weight is 507 g/mol. The van der Waals surface area contributed by atoms with E-state index in [-0.39, 0.29) is 18.2 Å². The van der Waals surface area contributed by atoms with Crippen molar-refractivity contribution < 1.29 is 27.4 Å². The average Bonchev–Trinajstić information content (AvgIpc) is 3.23. The lowest BCUT2D eigenvalue weighted by Crippen LogP contribution is -2.50. The molecule has 1 saturated heterocycles. The smallest absolute Gasteiger partial charge is 0.406 e. The van der Waals surface area contributed by atoms with Gasteiger partial charge in [0, 0.05) is 57.9 Å². The second kappa shape index (κ2) is 11.6. The molecule has 0 bridgehead atoms. The van der Waals surface area contributed by atoms with E-state index in [1.807, 2.05) is 4.90 Å². The minimum Gasteiger partial charge on any atom is -0.406 e. The number of nitrogens with zero attached hydrogens (tertiary/aromatic N) is 5. The number of methoxy groups -OCH3 is 1. The molecule has 0 unspecified atom stereocenters. The lowest BCUT2D eigenvalue weighted by Gasteiger charge is -2.34. The monoisotopic (exact) mass is 506 g/mol. The molecule has 1 amide bonds. The molecule has 0 spiro atoms. The fraction of sp³-hybridized carbons (Fsp3) is 0.458. The highest BCUT2D eigenvalue weighted by atomic mass is 19.4. The van der Waals surface area contributed by atoms with Crippen LogP contribution in [0.2, 0.25) is 0 Å². The van der Waals surface area contributed by atoms with E-state index >= 15 is 0 Å². The number of amides is 1. The Kier molecular flexibility index (Phi) is 8.26. The molecule has 194 valence electrons. The summed E-state index contributed by atoms with van der Waals surface area (Å²) in [5, 5.41) is 3.19. The highest BCUT2D eigenvalue weighted by Crippen LogP contribution is 2.31. The Labute approximate surface area is 206 Å². The highest BCUT2D eigenvalue weighted by Gasteiger charge is 2.31. The molecule has 1 aromatic carbocycles. The van der Waals surface area contributed by atoms with E-state index in [4.69, 9.17) is 4.74 Å². The highest BCUT2D eigenvalue weighted by molar-refractivity contribution is 5.84. The topological polar surface area (TPSA) is 84.2 Å². The van der Waals surface area contributed by atoms with Crippen molar-refractivity contribution in [3.05, 3.63) is 42.9 Å². The maximum atomic E-state index is 12.9. The molecule has 1 aliphatic rings. The maximum absolute atomic E-state index is 12.9. The quantitative estimate of drug-likeness (QED) is 0.423. The fourth-order valence-electron chi connectivity index (χ4n) is 4.17. The first kappa shape index (κ1) is 25.7. The van der Waals surface area contributed by atoms with Crippen LogP contribution in [-0.2, 0) is 9.53 Å². The van der Waals surface area contributed by atoms with E-state index in [1.165, 1.54) is 24.3 Å². The van der Waals surface area contributed by atoms with E-state index in [1.54, 1.807) is 30.1 Å². The zero-order valence-corrected chi connectivity index (χ0v) is 20.0. The second-order valence-electron chi connectivity index (χ2n) is 8.46. The molecule has 4 rings (SSSR count). The van der Waals surface area contributed by atoms with Crippen LogP contribution in [0.15, 0.2) is 42.9 Å². The summed E-state index contributed by atoms with van der Waals surface area (Å²) in [6.07, 6.45) is 2.20. The summed E-state index contributed by atoms with van der Waals surface area (Å²) in [5.74, 6) is 0.208. The van der Waals surface area contributed by atoms with Crippen molar-refractivity contribution in [2.45, 2.75) is 19.2 Å². The van der Waals surface area contributed by atoms with Gasteiger partial charge in [0.25, 0.3) is 0 Å². The van der Waals surface area contributed by atoms with Gasteiger partial charge in [0.15, 0.2) is 5.65 Å². The third kappa shape index (κ3) is 6.64. The Morgan fingerprint density at radius 2 is 1.86 bits per heavy atom. The number of halogens is 3. The first-order valence-electron chi connectivity index (χ1n) is 11.8. The van der Waals surface area contributed by atoms with Crippen molar-refractivity contribution in [1.82, 2.24) is 24.2 Å². The maximum Gasteiger partial charge on any atom is 0.573 e. The number of carbonyl (C=O) groups is 1. The Morgan fingerprint density at radius 3 is 2.56 bits per heavy atom. The number of anilines is 1. The molecular formula is C24H29F3N6O3. The van der Waals surface area contributed by atoms with Gasteiger partial charge in [-0.1, -0.05) is 0 Å². The largest absolute Gasteiger partial charge is 0.573 e. The van der Waals surface area contributed by atoms with Crippen molar-refractivity contribution in [3.8, 4) is 17.0 Å². The summed E-state index contributed by atoms with van der Waals surface area (Å²) in [7, 11) is 1.70. The fourth-order valence-corrected chi connectivity index (χ4v) is 4.17. The van der Waals surface area contributed by atoms with Gasteiger partial charge in [0.05, 0.1) is 12.7 Å². The molecule has 3 heterocycles. The number of hydrogen-bond acceptors (Lipinski definition) is 7. The molecule has 0 radical (unpaired) electrons. The van der Waals surface area contributed by atoms with Crippen molar-refractivity contribution in [1.29, 1.82) is 0 Å². The van der Waals surface area contributed by atoms with E-state index in [0.717, 1.165) is 39.1 Å². The summed E-state index contributed by atoms with van der Waals surface area (Å²) in [6.45, 7) is 4.80. The van der Waals surface area contributed by atoms with Crippen molar-refractivity contribution in [3.63, 3.8) is 0 Å². The number of rotatable bonds is 10. The van der Waals surface area contributed by atoms with Crippen LogP contribution in [0.1, 0.15) is 12.8 Å². The lowest BCUT2D eigenvalue weighted by molar-refractivity contribution is -0.274. The number of ether oxygens (including phenoxy) is 2. The molecule has 1 fully saturated rings. The number of alkyl halides is 3. The minimum absolute atomic E-state index is 0.0297. The van der Waals surface area contributed by atoms with Crippen LogP contribution >= 0.6 is 0 Å². The van der Waals surface area contributed by atoms with Gasteiger partial charge in [0.2, 0.25) is 5.91 Å². The third-order valence-corrected chi connectivity index (χ3v) is 6.00. The van der Waals surface area contributed by atoms with Crippen LogP contribution in [0, 0.1) is 0 Å². The number of carbonyl (C=O) groups excluding carboxylic acids is 1. The van der Waals surface area contributed by atoms with Crippen LogP contribution in [0.3, 0.4) is 0 Å². The van der Waals surface area contributed by atoms with Crippen molar-refractivity contribution in [2.75, 3.05) is 58.3 Å². The van der Waals surface area contributed by atoms with Crippen molar-refractivity contribution >= 4 is 17.4 Å². The number of imidazole rings is 1. The van der Waals surface area contributed by atoms with Gasteiger partial charge in [-0.2, -0.15) is 0 Å². The number of hydrogen-bond donors (Lipinski definition) is 1. The van der Waals surface area contributed by atoms with Gasteiger partial charge in [-0.3, -0.25) is 19.1 Å². The SMILES string of the molecule is COCCCCN1CCN(C(=O)CNc2c(-c3ccc(OC(F)(F)F)cc3)nc3cnccn23)CC1. The summed E-state index contributed by atoms with van der Waals surface area (Å²) < 4.78 is 48.3.